The van der Waals surface area contributed by atoms with Gasteiger partial charge >= 0.3 is 0 Å². The van der Waals surface area contributed by atoms with E-state index in [1.54, 1.807) is 0 Å². The molecule has 4 nitrogen and oxygen atoms in total. The molecular weight excluding hydrogens is 466 g/mol. The van der Waals surface area contributed by atoms with Gasteiger partial charge in [0.1, 0.15) is 11.1 Å². The van der Waals surface area contributed by atoms with Crippen molar-refractivity contribution in [1.82, 2.24) is 14.5 Å². The van der Waals surface area contributed by atoms with Gasteiger partial charge in [-0.15, -0.1) is 0 Å². The fourth-order valence-corrected chi connectivity index (χ4v) is 5.49. The normalized spacial score (nSPS) is 11.7. The Morgan fingerprint density at radius 1 is 0.500 bits per heavy atom. The molecule has 0 saturated carbocycles. The molecule has 3 aromatic heterocycles. The smallest absolute Gasteiger partial charge is 0.235 e. The summed E-state index contributed by atoms with van der Waals surface area (Å²) in [6, 6.07) is 43.6. The third-order valence-electron chi connectivity index (χ3n) is 7.23. The van der Waals surface area contributed by atoms with Gasteiger partial charge in [0.2, 0.25) is 5.95 Å². The van der Waals surface area contributed by atoms with Crippen LogP contribution in [-0.4, -0.2) is 14.5 Å². The third kappa shape index (κ3) is 3.10. The lowest BCUT2D eigenvalue weighted by Gasteiger charge is -2.11. The van der Waals surface area contributed by atoms with Crippen LogP contribution in [0.2, 0.25) is 0 Å². The SMILES string of the molecule is c1ccc(-c2cc(-c3ccccc3)nc(-n3c4ccccc4c4ccc5c6ccccc6oc5c43)n2)cc1. The van der Waals surface area contributed by atoms with E-state index in [4.69, 9.17) is 14.4 Å². The number of hydrogen-bond donors (Lipinski definition) is 0. The molecular formula is C34H21N3O. The van der Waals surface area contributed by atoms with Crippen LogP contribution in [0, 0.1) is 0 Å². The zero-order valence-corrected chi connectivity index (χ0v) is 20.4. The zero-order chi connectivity index (χ0) is 25.1. The molecule has 8 aromatic rings. The molecule has 0 aliphatic rings. The molecule has 5 aromatic carbocycles. The first kappa shape index (κ1) is 20.9. The molecule has 3 heterocycles. The molecule has 4 heteroatoms. The first-order valence-corrected chi connectivity index (χ1v) is 12.7. The van der Waals surface area contributed by atoms with E-state index in [0.717, 1.165) is 66.3 Å². The Kier molecular flexibility index (Phi) is 4.49. The molecule has 0 radical (unpaired) electrons. The van der Waals surface area contributed by atoms with Gasteiger partial charge in [0.25, 0.3) is 0 Å². The molecule has 0 aliphatic carbocycles. The maximum atomic E-state index is 6.51. The minimum Gasteiger partial charge on any atom is -0.454 e. The minimum atomic E-state index is 0.615. The Morgan fingerprint density at radius 2 is 1.08 bits per heavy atom. The summed E-state index contributed by atoms with van der Waals surface area (Å²) in [5.74, 6) is 0.615. The summed E-state index contributed by atoms with van der Waals surface area (Å²) in [5.41, 5.74) is 7.56. The van der Waals surface area contributed by atoms with Gasteiger partial charge in [-0.1, -0.05) is 103 Å². The van der Waals surface area contributed by atoms with Crippen LogP contribution in [0.4, 0.5) is 0 Å². The van der Waals surface area contributed by atoms with E-state index in [1.165, 1.54) is 0 Å². The molecule has 0 N–H and O–H groups in total. The molecule has 0 bridgehead atoms. The summed E-state index contributed by atoms with van der Waals surface area (Å²) in [7, 11) is 0. The predicted molar refractivity (Wildman–Crippen MR) is 155 cm³/mol. The van der Waals surface area contributed by atoms with Gasteiger partial charge in [-0.05, 0) is 24.3 Å². The quantitative estimate of drug-likeness (QED) is 0.250. The molecule has 0 amide bonds. The number of para-hydroxylation sites is 2. The minimum absolute atomic E-state index is 0.615. The van der Waals surface area contributed by atoms with Crippen LogP contribution in [0.25, 0.3) is 72.2 Å². The van der Waals surface area contributed by atoms with E-state index in [0.29, 0.717) is 5.95 Å². The van der Waals surface area contributed by atoms with Crippen molar-refractivity contribution in [3.63, 3.8) is 0 Å². The second-order valence-electron chi connectivity index (χ2n) is 9.46. The van der Waals surface area contributed by atoms with E-state index in [9.17, 15) is 0 Å². The van der Waals surface area contributed by atoms with Gasteiger partial charge in [-0.2, -0.15) is 0 Å². The molecule has 8 rings (SSSR count). The van der Waals surface area contributed by atoms with Gasteiger partial charge in [-0.3, -0.25) is 4.57 Å². The topological polar surface area (TPSA) is 43.9 Å². The van der Waals surface area contributed by atoms with Crippen molar-refractivity contribution in [2.24, 2.45) is 0 Å². The van der Waals surface area contributed by atoms with Crippen molar-refractivity contribution in [1.29, 1.82) is 0 Å². The average molecular weight is 488 g/mol. The summed E-state index contributed by atoms with van der Waals surface area (Å²) in [5, 5.41) is 4.44. The summed E-state index contributed by atoms with van der Waals surface area (Å²) >= 11 is 0. The lowest BCUT2D eigenvalue weighted by atomic mass is 10.1. The highest BCUT2D eigenvalue weighted by Crippen LogP contribution is 2.40. The van der Waals surface area contributed by atoms with Crippen molar-refractivity contribution >= 4 is 43.7 Å². The molecule has 0 unspecified atom stereocenters. The maximum absolute atomic E-state index is 6.51. The molecule has 0 atom stereocenters. The molecule has 38 heavy (non-hydrogen) atoms. The van der Waals surface area contributed by atoms with Crippen LogP contribution >= 0.6 is 0 Å². The van der Waals surface area contributed by atoms with Gasteiger partial charge in [0, 0.05) is 32.7 Å². The second kappa shape index (κ2) is 8.15. The number of furan rings is 1. The van der Waals surface area contributed by atoms with E-state index in [1.807, 2.05) is 48.5 Å². The number of aromatic nitrogens is 3. The zero-order valence-electron chi connectivity index (χ0n) is 20.4. The van der Waals surface area contributed by atoms with Crippen LogP contribution < -0.4 is 0 Å². The largest absolute Gasteiger partial charge is 0.454 e. The molecule has 0 saturated heterocycles. The number of fused-ring (bicyclic) bond motifs is 7. The van der Waals surface area contributed by atoms with Crippen molar-refractivity contribution in [3.05, 3.63) is 127 Å². The Balaban J connectivity index is 1.53. The predicted octanol–water partition coefficient (Wildman–Crippen LogP) is 8.81. The Labute approximate surface area is 218 Å². The van der Waals surface area contributed by atoms with E-state index in [2.05, 4.69) is 83.4 Å². The van der Waals surface area contributed by atoms with Crippen LogP contribution in [-0.2, 0) is 0 Å². The highest BCUT2D eigenvalue weighted by atomic mass is 16.3. The molecule has 0 aliphatic heterocycles. The van der Waals surface area contributed by atoms with Crippen molar-refractivity contribution in [2.45, 2.75) is 0 Å². The van der Waals surface area contributed by atoms with Crippen LogP contribution in [0.5, 0.6) is 0 Å². The van der Waals surface area contributed by atoms with Crippen molar-refractivity contribution in [2.75, 3.05) is 0 Å². The Bertz CT molecular complexity index is 2070. The average Bonchev–Trinajstić information content (AvgIpc) is 3.54. The van der Waals surface area contributed by atoms with Gasteiger partial charge in [0.05, 0.1) is 16.9 Å². The summed E-state index contributed by atoms with van der Waals surface area (Å²) in [6.07, 6.45) is 0. The first-order chi connectivity index (χ1) is 18.8. The molecule has 0 spiro atoms. The standard InChI is InChI=1S/C34H21N3O/c1-3-11-22(12-4-1)28-21-29(23-13-5-2-6-14-23)36-34(35-28)37-30-17-9-7-15-24(30)26-19-20-27-25-16-8-10-18-31(25)38-33(27)32(26)37/h1-21H. The number of hydrogen-bond acceptors (Lipinski definition) is 3. The maximum Gasteiger partial charge on any atom is 0.235 e. The molecule has 0 fully saturated rings. The first-order valence-electron chi connectivity index (χ1n) is 12.7. The van der Waals surface area contributed by atoms with E-state index >= 15 is 0 Å². The Hall–Kier alpha value is -5.22. The fourth-order valence-electron chi connectivity index (χ4n) is 5.49. The fraction of sp³-hybridized carbons (Fsp3) is 0. The van der Waals surface area contributed by atoms with Crippen LogP contribution in [0.15, 0.2) is 132 Å². The number of rotatable bonds is 3. The highest BCUT2D eigenvalue weighted by Gasteiger charge is 2.21. The monoisotopic (exact) mass is 487 g/mol. The number of benzene rings is 5. The van der Waals surface area contributed by atoms with Gasteiger partial charge in [0.15, 0.2) is 5.58 Å². The lowest BCUT2D eigenvalue weighted by molar-refractivity contribution is 0.670. The van der Waals surface area contributed by atoms with Crippen molar-refractivity contribution < 1.29 is 4.42 Å². The van der Waals surface area contributed by atoms with E-state index < -0.39 is 0 Å². The van der Waals surface area contributed by atoms with Crippen LogP contribution in [0.3, 0.4) is 0 Å². The Morgan fingerprint density at radius 3 is 1.79 bits per heavy atom. The number of nitrogens with zero attached hydrogens (tertiary/aromatic N) is 3. The van der Waals surface area contributed by atoms with Crippen LogP contribution in [0.1, 0.15) is 0 Å². The summed E-state index contributed by atoms with van der Waals surface area (Å²) < 4.78 is 8.67. The van der Waals surface area contributed by atoms with Gasteiger partial charge in [-0.25, -0.2) is 9.97 Å². The van der Waals surface area contributed by atoms with Gasteiger partial charge < -0.3 is 4.42 Å². The highest BCUT2D eigenvalue weighted by molar-refractivity contribution is 6.21. The summed E-state index contributed by atoms with van der Waals surface area (Å²) in [4.78, 5) is 10.3. The second-order valence-corrected chi connectivity index (χ2v) is 9.46. The van der Waals surface area contributed by atoms with E-state index in [-0.39, 0.29) is 0 Å². The lowest BCUT2D eigenvalue weighted by Crippen LogP contribution is -2.04. The summed E-state index contributed by atoms with van der Waals surface area (Å²) in [6.45, 7) is 0. The third-order valence-corrected chi connectivity index (χ3v) is 7.23. The van der Waals surface area contributed by atoms with Crippen molar-refractivity contribution in [3.8, 4) is 28.5 Å². The molecule has 178 valence electrons.